The zero-order valence-corrected chi connectivity index (χ0v) is 12.9. The molecule has 2 atom stereocenters. The molecule has 0 spiro atoms. The van der Waals surface area contributed by atoms with Crippen LogP contribution in [0.3, 0.4) is 0 Å². The smallest absolute Gasteiger partial charge is 0.326 e. The number of nitrogens with zero attached hydrogens (tertiary/aromatic N) is 1. The van der Waals surface area contributed by atoms with E-state index in [1.807, 2.05) is 0 Å². The minimum absolute atomic E-state index is 0.0150. The van der Waals surface area contributed by atoms with Gasteiger partial charge in [-0.1, -0.05) is 0 Å². The number of amides is 1. The Morgan fingerprint density at radius 1 is 1.33 bits per heavy atom. The predicted molar refractivity (Wildman–Crippen MR) is 76.0 cm³/mol. The Bertz CT molecular complexity index is 515. The lowest BCUT2D eigenvalue weighted by molar-refractivity contribution is -0.143. The van der Waals surface area contributed by atoms with Gasteiger partial charge in [0.1, 0.15) is 6.04 Å². The van der Waals surface area contributed by atoms with Gasteiger partial charge in [0.25, 0.3) is 0 Å². The summed E-state index contributed by atoms with van der Waals surface area (Å²) < 4.78 is 25.1. The number of hydrogen-bond donors (Lipinski definition) is 2. The molecule has 0 bridgehead atoms. The number of carboxylic acid groups (broad SMARTS) is 1. The molecule has 0 aromatic rings. The van der Waals surface area contributed by atoms with Gasteiger partial charge in [0.2, 0.25) is 15.9 Å². The molecule has 0 aromatic heterocycles. The molecule has 2 fully saturated rings. The van der Waals surface area contributed by atoms with Crippen molar-refractivity contribution in [3.63, 3.8) is 0 Å². The van der Waals surface area contributed by atoms with Crippen LogP contribution in [-0.4, -0.2) is 54.6 Å². The molecule has 1 aliphatic heterocycles. The summed E-state index contributed by atoms with van der Waals surface area (Å²) in [5, 5.41) is 11.7. The number of sulfonamides is 1. The van der Waals surface area contributed by atoms with E-state index in [1.54, 1.807) is 6.92 Å². The van der Waals surface area contributed by atoms with Crippen molar-refractivity contribution in [2.75, 3.05) is 18.8 Å². The van der Waals surface area contributed by atoms with Gasteiger partial charge >= 0.3 is 5.97 Å². The van der Waals surface area contributed by atoms with Crippen LogP contribution in [0.2, 0.25) is 0 Å². The van der Waals surface area contributed by atoms with Gasteiger partial charge in [0.15, 0.2) is 0 Å². The van der Waals surface area contributed by atoms with E-state index in [1.165, 1.54) is 4.31 Å². The first kappa shape index (κ1) is 16.2. The van der Waals surface area contributed by atoms with Gasteiger partial charge in [-0.2, -0.15) is 0 Å². The average Bonchev–Trinajstić information content (AvgIpc) is 3.28. The molecule has 1 saturated heterocycles. The zero-order chi connectivity index (χ0) is 15.6. The molecule has 1 heterocycles. The number of aliphatic carboxylic acids is 1. The number of piperidine rings is 1. The summed E-state index contributed by atoms with van der Waals surface area (Å²) in [4.78, 5) is 23.4. The van der Waals surface area contributed by atoms with Gasteiger partial charge in [-0.15, -0.1) is 0 Å². The molecule has 8 heteroatoms. The molecule has 1 amide bonds. The lowest BCUT2D eigenvalue weighted by Crippen LogP contribution is -2.50. The minimum atomic E-state index is -3.30. The molecule has 2 rings (SSSR count). The van der Waals surface area contributed by atoms with Crippen molar-refractivity contribution in [3.8, 4) is 0 Å². The summed E-state index contributed by atoms with van der Waals surface area (Å²) >= 11 is 0. The highest BCUT2D eigenvalue weighted by Crippen LogP contribution is 2.33. The van der Waals surface area contributed by atoms with Crippen LogP contribution in [0.25, 0.3) is 0 Å². The summed E-state index contributed by atoms with van der Waals surface area (Å²) in [7, 11) is -3.30. The monoisotopic (exact) mass is 318 g/mol. The Morgan fingerprint density at radius 3 is 2.52 bits per heavy atom. The van der Waals surface area contributed by atoms with Gasteiger partial charge < -0.3 is 10.4 Å². The molecule has 7 nitrogen and oxygen atoms in total. The maximum absolute atomic E-state index is 12.2. The van der Waals surface area contributed by atoms with Crippen LogP contribution in [0, 0.1) is 11.8 Å². The van der Waals surface area contributed by atoms with Crippen molar-refractivity contribution in [1.82, 2.24) is 9.62 Å². The molecule has 21 heavy (non-hydrogen) atoms. The highest BCUT2D eigenvalue weighted by atomic mass is 32.2. The van der Waals surface area contributed by atoms with Crippen molar-refractivity contribution in [2.24, 2.45) is 11.8 Å². The van der Waals surface area contributed by atoms with Crippen LogP contribution in [-0.2, 0) is 19.6 Å². The number of hydrogen-bond acceptors (Lipinski definition) is 4. The van der Waals surface area contributed by atoms with Crippen molar-refractivity contribution in [1.29, 1.82) is 0 Å². The van der Waals surface area contributed by atoms with Gasteiger partial charge in [-0.05, 0) is 38.5 Å². The first-order valence-corrected chi connectivity index (χ1v) is 8.97. The molecule has 120 valence electrons. The van der Waals surface area contributed by atoms with Crippen LogP contribution in [0.5, 0.6) is 0 Å². The second-order valence-electron chi connectivity index (χ2n) is 5.76. The molecular formula is C13H22N2O5S. The van der Waals surface area contributed by atoms with Crippen LogP contribution >= 0.6 is 0 Å². The molecule has 2 aliphatic rings. The van der Waals surface area contributed by atoms with E-state index in [9.17, 15) is 18.0 Å². The number of carboxylic acids is 1. The number of carbonyl (C=O) groups is 2. The Hall–Kier alpha value is -1.15. The number of nitrogens with one attached hydrogen (secondary N) is 1. The van der Waals surface area contributed by atoms with E-state index < -0.39 is 28.0 Å². The Kier molecular flexibility index (Phi) is 4.88. The normalized spacial score (nSPS) is 25.3. The molecular weight excluding hydrogens is 296 g/mol. The van der Waals surface area contributed by atoms with Gasteiger partial charge in [-0.25, -0.2) is 17.5 Å². The summed E-state index contributed by atoms with van der Waals surface area (Å²) in [6.07, 6.45) is 2.85. The van der Waals surface area contributed by atoms with Crippen molar-refractivity contribution >= 4 is 21.9 Å². The van der Waals surface area contributed by atoms with Crippen molar-refractivity contribution < 1.29 is 23.1 Å². The van der Waals surface area contributed by atoms with Gasteiger partial charge in [0.05, 0.1) is 11.7 Å². The van der Waals surface area contributed by atoms with Crippen LogP contribution in [0.4, 0.5) is 0 Å². The van der Waals surface area contributed by atoms with E-state index in [2.05, 4.69) is 5.32 Å². The van der Waals surface area contributed by atoms with Gasteiger partial charge in [0, 0.05) is 13.1 Å². The van der Waals surface area contributed by atoms with Crippen LogP contribution in [0.15, 0.2) is 0 Å². The summed E-state index contributed by atoms with van der Waals surface area (Å²) in [6, 6.07) is -0.837. The lowest BCUT2D eigenvalue weighted by Gasteiger charge is -2.31. The zero-order valence-electron chi connectivity index (χ0n) is 12.1. The second-order valence-corrected chi connectivity index (χ2v) is 8.02. The molecule has 0 radical (unpaired) electrons. The fourth-order valence-corrected chi connectivity index (χ4v) is 3.85. The van der Waals surface area contributed by atoms with E-state index in [-0.39, 0.29) is 24.1 Å². The fraction of sp³-hybridized carbons (Fsp3) is 0.846. The second kappa shape index (κ2) is 6.31. The SMILES string of the molecule is CCS(=O)(=O)N1CCCC(C(=O)NC(C(=O)O)C2CC2)C1. The summed E-state index contributed by atoms with van der Waals surface area (Å²) in [6.45, 7) is 2.16. The minimum Gasteiger partial charge on any atom is -0.480 e. The van der Waals surface area contributed by atoms with E-state index in [0.717, 1.165) is 12.8 Å². The maximum Gasteiger partial charge on any atom is 0.326 e. The standard InChI is InChI=1S/C13H22N2O5S/c1-2-21(19,20)15-7-3-4-10(8-15)12(16)14-11(13(17)18)9-5-6-9/h9-11H,2-8H2,1H3,(H,14,16)(H,17,18). The Labute approximate surface area is 124 Å². The summed E-state index contributed by atoms with van der Waals surface area (Å²) in [5.74, 6) is -1.78. The van der Waals surface area contributed by atoms with E-state index >= 15 is 0 Å². The molecule has 2 N–H and O–H groups in total. The molecule has 0 aromatic carbocycles. The first-order chi connectivity index (χ1) is 9.85. The molecule has 1 aliphatic carbocycles. The highest BCUT2D eigenvalue weighted by molar-refractivity contribution is 7.89. The largest absolute Gasteiger partial charge is 0.480 e. The molecule has 2 unspecified atom stereocenters. The Morgan fingerprint density at radius 2 is 2.00 bits per heavy atom. The van der Waals surface area contributed by atoms with Crippen molar-refractivity contribution in [2.45, 2.75) is 38.6 Å². The lowest BCUT2D eigenvalue weighted by atomic mass is 9.98. The summed E-state index contributed by atoms with van der Waals surface area (Å²) in [5.41, 5.74) is 0. The fourth-order valence-electron chi connectivity index (χ4n) is 2.67. The van der Waals surface area contributed by atoms with E-state index in [4.69, 9.17) is 5.11 Å². The number of carbonyl (C=O) groups excluding carboxylic acids is 1. The Balaban J connectivity index is 1.97. The first-order valence-electron chi connectivity index (χ1n) is 7.36. The van der Waals surface area contributed by atoms with Gasteiger partial charge in [-0.3, -0.25) is 4.79 Å². The highest BCUT2D eigenvalue weighted by Gasteiger charge is 2.39. The average molecular weight is 318 g/mol. The van der Waals surface area contributed by atoms with E-state index in [0.29, 0.717) is 19.4 Å². The van der Waals surface area contributed by atoms with Crippen molar-refractivity contribution in [3.05, 3.63) is 0 Å². The van der Waals surface area contributed by atoms with Crippen LogP contribution < -0.4 is 5.32 Å². The topological polar surface area (TPSA) is 104 Å². The third-order valence-electron chi connectivity index (χ3n) is 4.17. The number of rotatable bonds is 6. The molecule has 1 saturated carbocycles. The predicted octanol–water partition coefficient (Wildman–Crippen LogP) is 0.0275. The van der Waals surface area contributed by atoms with Crippen LogP contribution in [0.1, 0.15) is 32.6 Å². The third kappa shape index (κ3) is 3.94. The third-order valence-corrected chi connectivity index (χ3v) is 6.02. The quantitative estimate of drug-likeness (QED) is 0.719. The maximum atomic E-state index is 12.2.